The van der Waals surface area contributed by atoms with Crippen LogP contribution < -0.4 is 5.32 Å². The first-order chi connectivity index (χ1) is 21.6. The molecular formula is C34H28N4O3S3. The van der Waals surface area contributed by atoms with Gasteiger partial charge in [-0.1, -0.05) is 109 Å². The third-order valence-corrected chi connectivity index (χ3v) is 9.93. The highest BCUT2D eigenvalue weighted by molar-refractivity contribution is 8.00. The van der Waals surface area contributed by atoms with Crippen molar-refractivity contribution in [3.8, 4) is 21.1 Å². The Kier molecular flexibility index (Phi) is 9.31. The summed E-state index contributed by atoms with van der Waals surface area (Å²) in [4.78, 5) is 29.0. The Morgan fingerprint density at radius 3 is 2.27 bits per heavy atom. The molecule has 6 rings (SSSR count). The molecule has 0 fully saturated rings. The Morgan fingerprint density at radius 1 is 0.886 bits per heavy atom. The lowest BCUT2D eigenvalue weighted by molar-refractivity contribution is -0.115. The van der Waals surface area contributed by atoms with Crippen molar-refractivity contribution in [1.82, 2.24) is 14.8 Å². The van der Waals surface area contributed by atoms with Crippen LogP contribution in [0.15, 0.2) is 120 Å². The normalized spacial score (nSPS) is 11.7. The Labute approximate surface area is 267 Å². The van der Waals surface area contributed by atoms with Crippen LogP contribution in [0.1, 0.15) is 33.7 Å². The number of hydrogen-bond donors (Lipinski definition) is 1. The van der Waals surface area contributed by atoms with Crippen molar-refractivity contribution in [2.24, 2.45) is 0 Å². The van der Waals surface area contributed by atoms with Crippen LogP contribution in [-0.4, -0.2) is 33.2 Å². The van der Waals surface area contributed by atoms with Crippen molar-refractivity contribution < 1.29 is 14.3 Å². The SMILES string of the molecule is CCOC(=O)c1cc(-c2ccccc2)sc1NC(=O)[C@@H](Sc1nnc(-c2cccs2)n1Cc1ccccc1)c1ccccc1. The Bertz CT molecular complexity index is 1840. The van der Waals surface area contributed by atoms with Gasteiger partial charge in [0, 0.05) is 4.88 Å². The zero-order valence-electron chi connectivity index (χ0n) is 23.8. The van der Waals surface area contributed by atoms with E-state index in [0.717, 1.165) is 32.3 Å². The summed E-state index contributed by atoms with van der Waals surface area (Å²) in [6, 6.07) is 35.2. The summed E-state index contributed by atoms with van der Waals surface area (Å²) in [5.41, 5.74) is 3.18. The number of rotatable bonds is 11. The van der Waals surface area contributed by atoms with E-state index in [-0.39, 0.29) is 12.5 Å². The molecule has 0 aliphatic rings. The molecule has 3 aromatic heterocycles. The fraction of sp³-hybridized carbons (Fsp3) is 0.118. The highest BCUT2D eigenvalue weighted by Crippen LogP contribution is 2.40. The highest BCUT2D eigenvalue weighted by Gasteiger charge is 2.29. The van der Waals surface area contributed by atoms with Crippen LogP contribution >= 0.6 is 34.4 Å². The van der Waals surface area contributed by atoms with E-state index in [0.29, 0.717) is 22.3 Å². The van der Waals surface area contributed by atoms with Crippen molar-refractivity contribution in [3.05, 3.63) is 131 Å². The standard InChI is InChI=1S/C34H28N4O3S3/c1-2-41-33(40)26-21-28(24-15-8-4-9-16-24)43-32(26)35-31(39)29(25-17-10-5-11-18-25)44-34-37-36-30(27-19-12-20-42-27)38(34)22-23-13-6-3-7-14-23/h3-21,29H,2,22H2,1H3,(H,35,39)/t29-/m0/s1. The quantitative estimate of drug-likeness (QED) is 0.114. The van der Waals surface area contributed by atoms with Crippen LogP contribution in [0.5, 0.6) is 0 Å². The molecule has 1 N–H and O–H groups in total. The fourth-order valence-corrected chi connectivity index (χ4v) is 7.45. The molecule has 1 amide bonds. The number of thioether (sulfide) groups is 1. The van der Waals surface area contributed by atoms with E-state index in [1.54, 1.807) is 24.3 Å². The molecule has 7 nitrogen and oxygen atoms in total. The van der Waals surface area contributed by atoms with E-state index in [1.165, 1.54) is 23.1 Å². The molecular weight excluding hydrogens is 609 g/mol. The zero-order valence-corrected chi connectivity index (χ0v) is 26.2. The Morgan fingerprint density at radius 2 is 1.59 bits per heavy atom. The molecule has 3 aromatic carbocycles. The molecule has 220 valence electrons. The summed E-state index contributed by atoms with van der Waals surface area (Å²) in [6.45, 7) is 2.54. The second-order valence-electron chi connectivity index (χ2n) is 9.69. The van der Waals surface area contributed by atoms with Gasteiger partial charge in [-0.15, -0.1) is 32.9 Å². The van der Waals surface area contributed by atoms with Gasteiger partial charge in [0.1, 0.15) is 10.3 Å². The molecule has 0 aliphatic carbocycles. The number of anilines is 1. The topological polar surface area (TPSA) is 86.1 Å². The largest absolute Gasteiger partial charge is 0.462 e. The monoisotopic (exact) mass is 636 g/mol. The van der Waals surface area contributed by atoms with Crippen LogP contribution in [0.3, 0.4) is 0 Å². The third-order valence-electron chi connectivity index (χ3n) is 6.73. The second-order valence-corrected chi connectivity index (χ2v) is 12.8. The molecule has 6 aromatic rings. The van der Waals surface area contributed by atoms with Crippen molar-refractivity contribution >= 4 is 51.3 Å². The predicted octanol–water partition coefficient (Wildman–Crippen LogP) is 8.43. The van der Waals surface area contributed by atoms with Gasteiger partial charge in [-0.05, 0) is 41.1 Å². The maximum Gasteiger partial charge on any atom is 0.341 e. The summed E-state index contributed by atoms with van der Waals surface area (Å²) < 4.78 is 7.39. The molecule has 0 bridgehead atoms. The smallest absolute Gasteiger partial charge is 0.341 e. The number of aromatic nitrogens is 3. The first kappa shape index (κ1) is 29.6. The van der Waals surface area contributed by atoms with Crippen LogP contribution in [-0.2, 0) is 16.1 Å². The van der Waals surface area contributed by atoms with Crippen LogP contribution in [0, 0.1) is 0 Å². The molecule has 0 aliphatic heterocycles. The van der Waals surface area contributed by atoms with Gasteiger partial charge >= 0.3 is 5.97 Å². The lowest BCUT2D eigenvalue weighted by atomic mass is 10.1. The number of benzene rings is 3. The van der Waals surface area contributed by atoms with E-state index in [9.17, 15) is 9.59 Å². The lowest BCUT2D eigenvalue weighted by Gasteiger charge is -2.17. The average molecular weight is 637 g/mol. The molecule has 0 unspecified atom stereocenters. The molecule has 0 saturated heterocycles. The van der Waals surface area contributed by atoms with Gasteiger partial charge in [-0.25, -0.2) is 4.79 Å². The van der Waals surface area contributed by atoms with Gasteiger partial charge in [0.2, 0.25) is 5.91 Å². The average Bonchev–Trinajstić information content (AvgIpc) is 3.82. The maximum absolute atomic E-state index is 14.2. The van der Waals surface area contributed by atoms with Gasteiger partial charge < -0.3 is 10.1 Å². The van der Waals surface area contributed by atoms with Gasteiger partial charge in [0.15, 0.2) is 11.0 Å². The summed E-state index contributed by atoms with van der Waals surface area (Å²) in [7, 11) is 0. The molecule has 0 spiro atoms. The first-order valence-corrected chi connectivity index (χ1v) is 16.6. The summed E-state index contributed by atoms with van der Waals surface area (Å²) in [6.07, 6.45) is 0. The number of thiophene rings is 2. The number of nitrogens with zero attached hydrogens (tertiary/aromatic N) is 3. The molecule has 0 radical (unpaired) electrons. The minimum absolute atomic E-state index is 0.231. The number of carbonyl (C=O) groups excluding carboxylic acids is 2. The number of nitrogens with one attached hydrogen (secondary N) is 1. The van der Waals surface area contributed by atoms with E-state index < -0.39 is 11.2 Å². The van der Waals surface area contributed by atoms with Crippen molar-refractivity contribution in [2.45, 2.75) is 23.9 Å². The van der Waals surface area contributed by atoms with Crippen LogP contribution in [0.4, 0.5) is 5.00 Å². The summed E-state index contributed by atoms with van der Waals surface area (Å²) in [5, 5.41) is 14.6. The van der Waals surface area contributed by atoms with E-state index in [4.69, 9.17) is 4.74 Å². The minimum atomic E-state index is -0.677. The molecule has 44 heavy (non-hydrogen) atoms. The highest BCUT2D eigenvalue weighted by atomic mass is 32.2. The lowest BCUT2D eigenvalue weighted by Crippen LogP contribution is -2.20. The molecule has 10 heteroatoms. The fourth-order valence-electron chi connectivity index (χ4n) is 4.65. The Balaban J connectivity index is 1.36. The Hall–Kier alpha value is -4.51. The minimum Gasteiger partial charge on any atom is -0.462 e. The maximum atomic E-state index is 14.2. The van der Waals surface area contributed by atoms with Gasteiger partial charge in [0.05, 0.1) is 23.6 Å². The van der Waals surface area contributed by atoms with Gasteiger partial charge in [0.25, 0.3) is 0 Å². The summed E-state index contributed by atoms with van der Waals surface area (Å²) >= 11 is 4.27. The number of carbonyl (C=O) groups is 2. The summed E-state index contributed by atoms with van der Waals surface area (Å²) in [5.74, 6) is -0.0117. The van der Waals surface area contributed by atoms with E-state index in [2.05, 4.69) is 32.2 Å². The second kappa shape index (κ2) is 13.9. The van der Waals surface area contributed by atoms with Gasteiger partial charge in [-0.3, -0.25) is 9.36 Å². The van der Waals surface area contributed by atoms with E-state index >= 15 is 0 Å². The number of hydrogen-bond acceptors (Lipinski definition) is 8. The van der Waals surface area contributed by atoms with E-state index in [1.807, 2.05) is 96.4 Å². The molecule has 0 saturated carbocycles. The van der Waals surface area contributed by atoms with Crippen LogP contribution in [0.2, 0.25) is 0 Å². The number of ether oxygens (including phenoxy) is 1. The van der Waals surface area contributed by atoms with Gasteiger partial charge in [-0.2, -0.15) is 0 Å². The van der Waals surface area contributed by atoms with Crippen molar-refractivity contribution in [1.29, 1.82) is 0 Å². The molecule has 3 heterocycles. The number of amides is 1. The number of esters is 1. The third kappa shape index (κ3) is 6.67. The van der Waals surface area contributed by atoms with Crippen molar-refractivity contribution in [3.63, 3.8) is 0 Å². The van der Waals surface area contributed by atoms with Crippen molar-refractivity contribution in [2.75, 3.05) is 11.9 Å². The zero-order chi connectivity index (χ0) is 30.3. The first-order valence-electron chi connectivity index (χ1n) is 14.0. The molecule has 1 atom stereocenters. The predicted molar refractivity (Wildman–Crippen MR) is 178 cm³/mol. The van der Waals surface area contributed by atoms with Crippen LogP contribution in [0.25, 0.3) is 21.1 Å².